The van der Waals surface area contributed by atoms with Crippen LogP contribution in [0.1, 0.15) is 42.5 Å². The number of hydrogen-bond donors (Lipinski definition) is 0. The average molecular weight is 456 g/mol. The highest BCUT2D eigenvalue weighted by Gasteiger charge is 2.25. The van der Waals surface area contributed by atoms with E-state index in [9.17, 15) is 4.79 Å². The number of amides is 1. The number of hydrogen-bond acceptors (Lipinski definition) is 5. The first-order valence-electron chi connectivity index (χ1n) is 9.35. The Morgan fingerprint density at radius 1 is 1.28 bits per heavy atom. The molecule has 0 aliphatic heterocycles. The van der Waals surface area contributed by atoms with Crippen molar-refractivity contribution in [3.63, 3.8) is 0 Å². The van der Waals surface area contributed by atoms with Crippen LogP contribution in [0.3, 0.4) is 0 Å². The molecule has 0 saturated heterocycles. The van der Waals surface area contributed by atoms with Gasteiger partial charge in [0.2, 0.25) is 0 Å². The number of carbonyl (C=O) groups excluding carboxylic acids is 1. The van der Waals surface area contributed by atoms with Crippen LogP contribution in [0.4, 0.5) is 5.13 Å². The largest absolute Gasteiger partial charge is 0.309 e. The Kier molecular flexibility index (Phi) is 8.05. The highest BCUT2D eigenvalue weighted by Crippen LogP contribution is 2.33. The molecule has 2 aromatic heterocycles. The van der Waals surface area contributed by atoms with Gasteiger partial charge in [-0.1, -0.05) is 29.0 Å². The summed E-state index contributed by atoms with van der Waals surface area (Å²) in [6.45, 7) is 7.42. The lowest BCUT2D eigenvalue weighted by atomic mass is 10.3. The Hall–Kier alpha value is -1.67. The molecular weight excluding hydrogens is 429 g/mol. The lowest BCUT2D eigenvalue weighted by Crippen LogP contribution is -2.35. The molecule has 9 heteroatoms. The molecule has 1 aromatic carbocycles. The second-order valence-electron chi connectivity index (χ2n) is 7.41. The summed E-state index contributed by atoms with van der Waals surface area (Å²) in [5.74, 6) is -0.0803. The third-order valence-electron chi connectivity index (χ3n) is 4.39. The van der Waals surface area contributed by atoms with Crippen molar-refractivity contribution in [3.05, 3.63) is 40.7 Å². The van der Waals surface area contributed by atoms with Crippen molar-refractivity contribution in [3.8, 4) is 0 Å². The molecular formula is C20H27Cl2N5OS. The smallest absolute Gasteiger partial charge is 0.278 e. The number of aromatic nitrogens is 3. The number of rotatable bonds is 7. The van der Waals surface area contributed by atoms with Crippen molar-refractivity contribution in [2.45, 2.75) is 33.2 Å². The number of fused-ring (bicyclic) bond motifs is 1. The summed E-state index contributed by atoms with van der Waals surface area (Å²) < 4.78 is 2.76. The van der Waals surface area contributed by atoms with Gasteiger partial charge in [0.05, 0.1) is 15.4 Å². The summed E-state index contributed by atoms with van der Waals surface area (Å²) >= 11 is 7.80. The van der Waals surface area contributed by atoms with E-state index in [0.29, 0.717) is 22.4 Å². The van der Waals surface area contributed by atoms with Gasteiger partial charge in [-0.15, -0.1) is 12.4 Å². The Bertz CT molecular complexity index is 983. The van der Waals surface area contributed by atoms with E-state index in [1.54, 1.807) is 9.58 Å². The van der Waals surface area contributed by atoms with Crippen LogP contribution in [0.15, 0.2) is 24.3 Å². The van der Waals surface area contributed by atoms with E-state index in [4.69, 9.17) is 11.6 Å². The molecule has 0 N–H and O–H groups in total. The minimum atomic E-state index is -0.0803. The van der Waals surface area contributed by atoms with Crippen LogP contribution >= 0.6 is 35.3 Å². The molecule has 3 rings (SSSR count). The SMILES string of the molecule is Cc1cc(C(=O)N(CCCN(C)C)c2nc3c(Cl)cccc3s2)n(C(C)C)n1.Cl. The van der Waals surface area contributed by atoms with Gasteiger partial charge in [0.15, 0.2) is 5.13 Å². The van der Waals surface area contributed by atoms with Crippen LogP contribution in [0.5, 0.6) is 0 Å². The summed E-state index contributed by atoms with van der Waals surface area (Å²) in [6, 6.07) is 7.65. The number of carbonyl (C=O) groups is 1. The predicted octanol–water partition coefficient (Wildman–Crippen LogP) is 5.06. The number of halogens is 2. The van der Waals surface area contributed by atoms with Gasteiger partial charge < -0.3 is 4.90 Å². The van der Waals surface area contributed by atoms with Gasteiger partial charge >= 0.3 is 0 Å². The Morgan fingerprint density at radius 3 is 2.62 bits per heavy atom. The van der Waals surface area contributed by atoms with Crippen LogP contribution in [0.25, 0.3) is 10.2 Å². The maximum absolute atomic E-state index is 13.5. The Morgan fingerprint density at radius 2 is 2.00 bits per heavy atom. The fraction of sp³-hybridized carbons (Fsp3) is 0.450. The lowest BCUT2D eigenvalue weighted by molar-refractivity contribution is 0.0974. The first-order chi connectivity index (χ1) is 13.3. The number of benzene rings is 1. The van der Waals surface area contributed by atoms with E-state index in [2.05, 4.69) is 15.0 Å². The van der Waals surface area contributed by atoms with Crippen LogP contribution in [0, 0.1) is 6.92 Å². The topological polar surface area (TPSA) is 54.3 Å². The number of para-hydroxylation sites is 1. The highest BCUT2D eigenvalue weighted by molar-refractivity contribution is 7.22. The van der Waals surface area contributed by atoms with Gasteiger partial charge in [-0.3, -0.25) is 14.4 Å². The third kappa shape index (κ3) is 5.28. The van der Waals surface area contributed by atoms with Crippen LogP contribution in [-0.4, -0.2) is 52.8 Å². The molecule has 0 saturated carbocycles. The van der Waals surface area contributed by atoms with E-state index in [1.165, 1.54) is 11.3 Å². The Labute approximate surface area is 186 Å². The average Bonchev–Trinajstić information content (AvgIpc) is 3.22. The zero-order chi connectivity index (χ0) is 20.4. The van der Waals surface area contributed by atoms with E-state index >= 15 is 0 Å². The second kappa shape index (κ2) is 9.89. The van der Waals surface area contributed by atoms with Crippen LogP contribution in [0.2, 0.25) is 5.02 Å². The summed E-state index contributed by atoms with van der Waals surface area (Å²) in [7, 11) is 4.06. The molecule has 29 heavy (non-hydrogen) atoms. The zero-order valence-corrected chi connectivity index (χ0v) is 19.7. The number of anilines is 1. The van der Waals surface area contributed by atoms with Gasteiger partial charge in [-0.05, 0) is 66.0 Å². The standard InChI is InChI=1S/C20H26ClN5OS.ClH/c1-13(2)26-16(12-14(3)23-26)19(27)25(11-7-10-24(4)5)20-22-18-15(21)8-6-9-17(18)28-20;/h6,8-9,12-13H,7,10-11H2,1-5H3;1H. The first kappa shape index (κ1) is 23.6. The molecule has 6 nitrogen and oxygen atoms in total. The van der Waals surface area contributed by atoms with E-state index < -0.39 is 0 Å². The molecule has 0 atom stereocenters. The van der Waals surface area contributed by atoms with Gasteiger partial charge in [0.25, 0.3) is 5.91 Å². The summed E-state index contributed by atoms with van der Waals surface area (Å²) in [6.07, 6.45) is 0.844. The molecule has 0 aliphatic carbocycles. The second-order valence-corrected chi connectivity index (χ2v) is 8.82. The molecule has 0 aliphatic rings. The van der Waals surface area contributed by atoms with E-state index in [1.807, 2.05) is 59.1 Å². The lowest BCUT2D eigenvalue weighted by Gasteiger charge is -2.22. The summed E-state index contributed by atoms with van der Waals surface area (Å²) in [4.78, 5) is 22.1. The van der Waals surface area contributed by atoms with Gasteiger partial charge in [0.1, 0.15) is 11.2 Å². The molecule has 3 aromatic rings. The number of nitrogens with zero attached hydrogens (tertiary/aromatic N) is 5. The summed E-state index contributed by atoms with van der Waals surface area (Å²) in [5, 5.41) is 5.76. The number of thiazole rings is 1. The molecule has 0 unspecified atom stereocenters. The predicted molar refractivity (Wildman–Crippen MR) is 124 cm³/mol. The maximum atomic E-state index is 13.5. The Balaban J connectivity index is 0.00000300. The molecule has 158 valence electrons. The quantitative estimate of drug-likeness (QED) is 0.499. The van der Waals surface area contributed by atoms with Crippen molar-refractivity contribution >= 4 is 56.6 Å². The van der Waals surface area contributed by atoms with Gasteiger partial charge in [0, 0.05) is 12.6 Å². The normalized spacial score (nSPS) is 11.3. The van der Waals surface area contributed by atoms with E-state index in [0.717, 1.165) is 28.9 Å². The van der Waals surface area contributed by atoms with E-state index in [-0.39, 0.29) is 24.4 Å². The van der Waals surface area contributed by atoms with Crippen molar-refractivity contribution < 1.29 is 4.79 Å². The minimum absolute atomic E-state index is 0. The molecule has 2 heterocycles. The first-order valence-corrected chi connectivity index (χ1v) is 10.5. The molecule has 0 bridgehead atoms. The third-order valence-corrected chi connectivity index (χ3v) is 5.74. The van der Waals surface area contributed by atoms with Crippen molar-refractivity contribution in [1.29, 1.82) is 0 Å². The molecule has 0 radical (unpaired) electrons. The van der Waals surface area contributed by atoms with Crippen molar-refractivity contribution in [2.24, 2.45) is 0 Å². The fourth-order valence-corrected chi connectivity index (χ4v) is 4.35. The highest BCUT2D eigenvalue weighted by atomic mass is 35.5. The van der Waals surface area contributed by atoms with Crippen molar-refractivity contribution in [2.75, 3.05) is 32.1 Å². The summed E-state index contributed by atoms with van der Waals surface area (Å²) in [5.41, 5.74) is 2.16. The van der Waals surface area contributed by atoms with Gasteiger partial charge in [-0.2, -0.15) is 5.10 Å². The molecule has 1 amide bonds. The van der Waals surface area contributed by atoms with Gasteiger partial charge in [-0.25, -0.2) is 4.98 Å². The maximum Gasteiger partial charge on any atom is 0.278 e. The van der Waals surface area contributed by atoms with Crippen LogP contribution < -0.4 is 4.90 Å². The zero-order valence-electron chi connectivity index (χ0n) is 17.3. The van der Waals surface area contributed by atoms with Crippen LogP contribution in [-0.2, 0) is 0 Å². The van der Waals surface area contributed by atoms with Crippen molar-refractivity contribution in [1.82, 2.24) is 19.7 Å². The minimum Gasteiger partial charge on any atom is -0.309 e. The molecule has 0 fully saturated rings. The number of aryl methyl sites for hydroxylation is 1. The monoisotopic (exact) mass is 455 g/mol. The fourth-order valence-electron chi connectivity index (χ4n) is 3.06. The molecule has 0 spiro atoms.